The quantitative estimate of drug-likeness (QED) is 0.788. The smallest absolute Gasteiger partial charge is 0.252 e. The molecule has 2 aromatic rings. The van der Waals surface area contributed by atoms with Gasteiger partial charge in [0.1, 0.15) is 0 Å². The van der Waals surface area contributed by atoms with Crippen molar-refractivity contribution >= 4 is 24.1 Å². The van der Waals surface area contributed by atoms with Crippen molar-refractivity contribution in [1.29, 1.82) is 0 Å². The highest BCUT2D eigenvalue weighted by Crippen LogP contribution is 2.19. The number of benzene rings is 2. The number of ketones is 1. The SMILES string of the molecule is Cc1ccc(C(=O)c2ccccc2C(=O)NC2CCNCC2C)cc1C.Cl. The van der Waals surface area contributed by atoms with E-state index in [1.54, 1.807) is 24.3 Å². The lowest BCUT2D eigenvalue weighted by atomic mass is 9.93. The molecule has 1 aliphatic heterocycles. The van der Waals surface area contributed by atoms with E-state index in [0.29, 0.717) is 22.6 Å². The summed E-state index contributed by atoms with van der Waals surface area (Å²) < 4.78 is 0. The van der Waals surface area contributed by atoms with Crippen LogP contribution in [-0.4, -0.2) is 30.8 Å². The van der Waals surface area contributed by atoms with Gasteiger partial charge in [0.05, 0.1) is 5.56 Å². The first-order valence-corrected chi connectivity index (χ1v) is 9.20. The topological polar surface area (TPSA) is 58.2 Å². The highest BCUT2D eigenvalue weighted by Gasteiger charge is 2.25. The number of rotatable bonds is 4. The zero-order valence-corrected chi connectivity index (χ0v) is 16.9. The second-order valence-corrected chi connectivity index (χ2v) is 7.22. The van der Waals surface area contributed by atoms with E-state index in [9.17, 15) is 9.59 Å². The van der Waals surface area contributed by atoms with E-state index in [4.69, 9.17) is 0 Å². The van der Waals surface area contributed by atoms with Crippen LogP contribution in [0.15, 0.2) is 42.5 Å². The summed E-state index contributed by atoms with van der Waals surface area (Å²) in [6, 6.07) is 12.9. The molecule has 2 unspecified atom stereocenters. The summed E-state index contributed by atoms with van der Waals surface area (Å²) in [6.45, 7) is 7.93. The Morgan fingerprint density at radius 1 is 1.04 bits per heavy atom. The summed E-state index contributed by atoms with van der Waals surface area (Å²) in [7, 11) is 0. The van der Waals surface area contributed by atoms with Crippen LogP contribution >= 0.6 is 12.4 Å². The minimum absolute atomic E-state index is 0. The molecule has 0 aliphatic carbocycles. The molecule has 0 saturated carbocycles. The summed E-state index contributed by atoms with van der Waals surface area (Å²) in [4.78, 5) is 25.9. The van der Waals surface area contributed by atoms with Crippen LogP contribution in [0.2, 0.25) is 0 Å². The van der Waals surface area contributed by atoms with Crippen molar-refractivity contribution in [3.8, 4) is 0 Å². The van der Waals surface area contributed by atoms with Gasteiger partial charge in [0, 0.05) is 17.2 Å². The normalized spacial score (nSPS) is 19.1. The van der Waals surface area contributed by atoms with E-state index >= 15 is 0 Å². The van der Waals surface area contributed by atoms with E-state index in [1.165, 1.54) is 0 Å². The average molecular weight is 387 g/mol. The molecule has 2 aromatic carbocycles. The molecule has 2 N–H and O–H groups in total. The standard InChI is InChI=1S/C22H26N2O2.ClH/c1-14-8-9-17(12-15(14)2)21(25)18-6-4-5-7-19(18)22(26)24-20-10-11-23-13-16(20)3;/h4-9,12,16,20,23H,10-11,13H2,1-3H3,(H,24,26);1H. The lowest BCUT2D eigenvalue weighted by Gasteiger charge is -2.30. The Balaban J connectivity index is 0.00000261. The van der Waals surface area contributed by atoms with E-state index in [1.807, 2.05) is 32.0 Å². The second-order valence-electron chi connectivity index (χ2n) is 7.22. The number of halogens is 1. The lowest BCUT2D eigenvalue weighted by Crippen LogP contribution is -2.48. The van der Waals surface area contributed by atoms with Crippen LogP contribution in [0.25, 0.3) is 0 Å². The third-order valence-corrected chi connectivity index (χ3v) is 5.29. The van der Waals surface area contributed by atoms with Gasteiger partial charge < -0.3 is 10.6 Å². The number of hydrogen-bond acceptors (Lipinski definition) is 3. The van der Waals surface area contributed by atoms with Crippen LogP contribution in [0, 0.1) is 19.8 Å². The van der Waals surface area contributed by atoms with Gasteiger partial charge in [-0.15, -0.1) is 12.4 Å². The molecule has 1 aliphatic rings. The Hall–Kier alpha value is -2.17. The molecule has 144 valence electrons. The molecule has 1 amide bonds. The zero-order valence-electron chi connectivity index (χ0n) is 16.0. The van der Waals surface area contributed by atoms with Gasteiger partial charge in [-0.2, -0.15) is 0 Å². The first kappa shape index (κ1) is 21.1. The summed E-state index contributed by atoms with van der Waals surface area (Å²) in [5, 5.41) is 6.45. The maximum absolute atomic E-state index is 13.0. The van der Waals surface area contributed by atoms with Crippen LogP contribution in [0.5, 0.6) is 0 Å². The molecule has 1 heterocycles. The van der Waals surface area contributed by atoms with Crippen molar-refractivity contribution in [2.45, 2.75) is 33.2 Å². The molecule has 0 bridgehead atoms. The Morgan fingerprint density at radius 2 is 1.74 bits per heavy atom. The summed E-state index contributed by atoms with van der Waals surface area (Å²) in [5.41, 5.74) is 3.73. The highest BCUT2D eigenvalue weighted by atomic mass is 35.5. The predicted octanol–water partition coefficient (Wildman–Crippen LogP) is 3.68. The van der Waals surface area contributed by atoms with Crippen molar-refractivity contribution in [3.63, 3.8) is 0 Å². The van der Waals surface area contributed by atoms with Gasteiger partial charge in [-0.05, 0) is 62.5 Å². The average Bonchev–Trinajstić information content (AvgIpc) is 2.65. The number of carbonyl (C=O) groups is 2. The Labute approximate surface area is 167 Å². The molecule has 3 rings (SSSR count). The molecule has 4 nitrogen and oxygen atoms in total. The monoisotopic (exact) mass is 386 g/mol. The van der Waals surface area contributed by atoms with Crippen molar-refractivity contribution < 1.29 is 9.59 Å². The predicted molar refractivity (Wildman–Crippen MR) is 111 cm³/mol. The molecule has 1 saturated heterocycles. The molecule has 0 radical (unpaired) electrons. The van der Waals surface area contributed by atoms with Crippen molar-refractivity contribution in [2.24, 2.45) is 5.92 Å². The highest BCUT2D eigenvalue weighted by molar-refractivity contribution is 6.15. The van der Waals surface area contributed by atoms with Crippen molar-refractivity contribution in [1.82, 2.24) is 10.6 Å². The number of aryl methyl sites for hydroxylation is 2. The largest absolute Gasteiger partial charge is 0.349 e. The number of piperidine rings is 1. The second kappa shape index (κ2) is 9.16. The van der Waals surface area contributed by atoms with Gasteiger partial charge in [0.15, 0.2) is 5.78 Å². The summed E-state index contributed by atoms with van der Waals surface area (Å²) >= 11 is 0. The van der Waals surface area contributed by atoms with Crippen LogP contribution in [0.3, 0.4) is 0 Å². The first-order valence-electron chi connectivity index (χ1n) is 9.20. The number of hydrogen-bond donors (Lipinski definition) is 2. The molecule has 5 heteroatoms. The molecule has 0 aromatic heterocycles. The van der Waals surface area contributed by atoms with Crippen molar-refractivity contribution in [3.05, 3.63) is 70.3 Å². The Kier molecular flexibility index (Phi) is 7.17. The van der Waals surface area contributed by atoms with Crippen LogP contribution < -0.4 is 10.6 Å². The minimum atomic E-state index is -0.170. The third-order valence-electron chi connectivity index (χ3n) is 5.29. The van der Waals surface area contributed by atoms with Crippen LogP contribution in [0.4, 0.5) is 0 Å². The number of carbonyl (C=O) groups excluding carboxylic acids is 2. The fourth-order valence-electron chi connectivity index (χ4n) is 3.39. The van der Waals surface area contributed by atoms with Gasteiger partial charge in [-0.1, -0.05) is 37.3 Å². The maximum atomic E-state index is 13.0. The van der Waals surface area contributed by atoms with E-state index in [2.05, 4.69) is 17.6 Å². The maximum Gasteiger partial charge on any atom is 0.252 e. The van der Waals surface area contributed by atoms with E-state index < -0.39 is 0 Å². The van der Waals surface area contributed by atoms with Gasteiger partial charge in [-0.25, -0.2) is 0 Å². The van der Waals surface area contributed by atoms with E-state index in [0.717, 1.165) is 30.6 Å². The summed E-state index contributed by atoms with van der Waals surface area (Å²) in [5.74, 6) is 0.0871. The van der Waals surface area contributed by atoms with Crippen LogP contribution in [-0.2, 0) is 0 Å². The number of nitrogens with one attached hydrogen (secondary N) is 2. The fourth-order valence-corrected chi connectivity index (χ4v) is 3.39. The minimum Gasteiger partial charge on any atom is -0.349 e. The Bertz CT molecular complexity index is 835. The van der Waals surface area contributed by atoms with Crippen molar-refractivity contribution in [2.75, 3.05) is 13.1 Å². The molecule has 27 heavy (non-hydrogen) atoms. The van der Waals surface area contributed by atoms with E-state index in [-0.39, 0.29) is 30.1 Å². The molecule has 1 fully saturated rings. The molecule has 2 atom stereocenters. The fraction of sp³-hybridized carbons (Fsp3) is 0.364. The number of amides is 1. The van der Waals surface area contributed by atoms with Gasteiger partial charge >= 0.3 is 0 Å². The van der Waals surface area contributed by atoms with Crippen LogP contribution in [0.1, 0.15) is 50.8 Å². The molecular formula is C22H27ClN2O2. The molecular weight excluding hydrogens is 360 g/mol. The first-order chi connectivity index (χ1) is 12.5. The van der Waals surface area contributed by atoms with Gasteiger partial charge in [-0.3, -0.25) is 9.59 Å². The molecule has 0 spiro atoms. The third kappa shape index (κ3) is 4.76. The van der Waals surface area contributed by atoms with Gasteiger partial charge in [0.25, 0.3) is 5.91 Å². The Morgan fingerprint density at radius 3 is 2.41 bits per heavy atom. The van der Waals surface area contributed by atoms with Gasteiger partial charge in [0.2, 0.25) is 0 Å². The summed E-state index contributed by atoms with van der Waals surface area (Å²) in [6.07, 6.45) is 0.903. The zero-order chi connectivity index (χ0) is 18.7. The lowest BCUT2D eigenvalue weighted by molar-refractivity contribution is 0.0905.